The van der Waals surface area contributed by atoms with Gasteiger partial charge < -0.3 is 10.1 Å². The third kappa shape index (κ3) is 3.69. The molecule has 0 atom stereocenters. The molecule has 0 aliphatic rings. The number of ether oxygens (including phenoxy) is 1. The van der Waals surface area contributed by atoms with Gasteiger partial charge in [0.15, 0.2) is 0 Å². The number of esters is 1. The highest BCUT2D eigenvalue weighted by Gasteiger charge is 2.12. The number of hydrogen-bond acceptors (Lipinski definition) is 6. The monoisotopic (exact) mass is 358 g/mol. The van der Waals surface area contributed by atoms with Crippen LogP contribution in [0.25, 0.3) is 9.88 Å². The number of nitrogens with zero attached hydrogens (tertiary/aromatic N) is 1. The number of thiophene rings is 1. The number of amides is 1. The lowest BCUT2D eigenvalue weighted by Crippen LogP contribution is -2.23. The van der Waals surface area contributed by atoms with Crippen LogP contribution >= 0.6 is 22.7 Å². The molecule has 122 valence electrons. The van der Waals surface area contributed by atoms with Gasteiger partial charge in [-0.1, -0.05) is 18.2 Å². The molecule has 0 fully saturated rings. The maximum Gasteiger partial charge on any atom is 0.337 e. The normalized spacial score (nSPS) is 10.4. The Kier molecular flexibility index (Phi) is 5.02. The molecule has 0 spiro atoms. The highest BCUT2D eigenvalue weighted by atomic mass is 32.1. The molecule has 0 saturated carbocycles. The minimum Gasteiger partial charge on any atom is -0.465 e. The quantitative estimate of drug-likeness (QED) is 0.708. The highest BCUT2D eigenvalue weighted by Crippen LogP contribution is 2.27. The second kappa shape index (κ2) is 7.37. The summed E-state index contributed by atoms with van der Waals surface area (Å²) in [7, 11) is 1.34. The van der Waals surface area contributed by atoms with Gasteiger partial charge in [-0.3, -0.25) is 4.79 Å². The summed E-state index contributed by atoms with van der Waals surface area (Å²) in [5.41, 5.74) is 1.78. The summed E-state index contributed by atoms with van der Waals surface area (Å²) in [6.45, 7) is 0.367. The van der Waals surface area contributed by atoms with Gasteiger partial charge in [-0.05, 0) is 29.1 Å². The average Bonchev–Trinajstić information content (AvgIpc) is 3.30. The van der Waals surface area contributed by atoms with Gasteiger partial charge in [0.05, 0.1) is 17.6 Å². The van der Waals surface area contributed by atoms with E-state index >= 15 is 0 Å². The Bertz CT molecular complexity index is 839. The van der Waals surface area contributed by atoms with Crippen molar-refractivity contribution in [2.75, 3.05) is 7.11 Å². The van der Waals surface area contributed by atoms with Crippen molar-refractivity contribution in [3.63, 3.8) is 0 Å². The zero-order chi connectivity index (χ0) is 16.9. The minimum atomic E-state index is -0.380. The molecule has 1 amide bonds. The first-order valence-corrected chi connectivity index (χ1v) is 8.88. The topological polar surface area (TPSA) is 68.3 Å². The first-order chi connectivity index (χ1) is 11.7. The van der Waals surface area contributed by atoms with Crippen molar-refractivity contribution in [1.29, 1.82) is 0 Å². The molecule has 5 nitrogen and oxygen atoms in total. The number of thiazole rings is 1. The molecule has 1 aromatic carbocycles. The van der Waals surface area contributed by atoms with E-state index in [1.165, 1.54) is 18.4 Å². The van der Waals surface area contributed by atoms with Crippen molar-refractivity contribution in [2.45, 2.75) is 6.54 Å². The van der Waals surface area contributed by atoms with Gasteiger partial charge in [-0.25, -0.2) is 9.78 Å². The minimum absolute atomic E-state index is 0.217. The average molecular weight is 358 g/mol. The Morgan fingerprint density at radius 1 is 1.17 bits per heavy atom. The van der Waals surface area contributed by atoms with Gasteiger partial charge in [0.2, 0.25) is 0 Å². The molecule has 3 aromatic rings. The zero-order valence-corrected chi connectivity index (χ0v) is 14.4. The molecule has 7 heteroatoms. The van der Waals surface area contributed by atoms with E-state index in [0.717, 1.165) is 15.4 Å². The number of hydrogen-bond donors (Lipinski definition) is 1. The fourth-order valence-corrected chi connectivity index (χ4v) is 3.66. The molecular weight excluding hydrogens is 344 g/mol. The lowest BCUT2D eigenvalue weighted by molar-refractivity contribution is 0.0600. The Morgan fingerprint density at radius 2 is 1.96 bits per heavy atom. The maximum absolute atomic E-state index is 12.2. The number of carbonyl (C=O) groups excluding carboxylic acids is 2. The molecule has 2 heterocycles. The third-order valence-electron chi connectivity index (χ3n) is 3.30. The predicted molar refractivity (Wildman–Crippen MR) is 94.4 cm³/mol. The van der Waals surface area contributed by atoms with Crippen molar-refractivity contribution in [1.82, 2.24) is 10.3 Å². The number of benzene rings is 1. The Hall–Kier alpha value is -2.51. The molecule has 0 saturated heterocycles. The molecule has 0 radical (unpaired) electrons. The summed E-state index contributed by atoms with van der Waals surface area (Å²) in [5, 5.41) is 7.41. The van der Waals surface area contributed by atoms with Gasteiger partial charge in [0, 0.05) is 11.9 Å². The van der Waals surface area contributed by atoms with E-state index in [9.17, 15) is 9.59 Å². The molecule has 0 aliphatic heterocycles. The van der Waals surface area contributed by atoms with Crippen LogP contribution in [0, 0.1) is 0 Å². The molecule has 0 bridgehead atoms. The van der Waals surface area contributed by atoms with E-state index in [4.69, 9.17) is 0 Å². The van der Waals surface area contributed by atoms with Crippen LogP contribution in [0.1, 0.15) is 26.4 Å². The summed E-state index contributed by atoms with van der Waals surface area (Å²) < 4.78 is 4.65. The van der Waals surface area contributed by atoms with Gasteiger partial charge in [0.25, 0.3) is 5.91 Å². The van der Waals surface area contributed by atoms with Gasteiger partial charge in [0.1, 0.15) is 10.7 Å². The summed E-state index contributed by atoms with van der Waals surface area (Å²) in [5.74, 6) is -0.597. The number of aromatic nitrogens is 1. The SMILES string of the molecule is COC(=O)c1ccc(CNC(=O)c2csc(-c3cccs3)n2)cc1. The molecule has 0 aliphatic carbocycles. The van der Waals surface area contributed by atoms with Crippen LogP contribution in [0.4, 0.5) is 0 Å². The van der Waals surface area contributed by atoms with Gasteiger partial charge >= 0.3 is 5.97 Å². The van der Waals surface area contributed by atoms with Crippen molar-refractivity contribution in [2.24, 2.45) is 0 Å². The smallest absolute Gasteiger partial charge is 0.337 e. The van der Waals surface area contributed by atoms with Gasteiger partial charge in [-0.2, -0.15) is 0 Å². The van der Waals surface area contributed by atoms with Crippen LogP contribution in [-0.4, -0.2) is 24.0 Å². The van der Waals surface area contributed by atoms with Gasteiger partial charge in [-0.15, -0.1) is 22.7 Å². The largest absolute Gasteiger partial charge is 0.465 e. The van der Waals surface area contributed by atoms with Crippen molar-refractivity contribution in [3.8, 4) is 9.88 Å². The fourth-order valence-electron chi connectivity index (χ4n) is 2.04. The van der Waals surface area contributed by atoms with Crippen LogP contribution in [0.5, 0.6) is 0 Å². The zero-order valence-electron chi connectivity index (χ0n) is 12.8. The molecular formula is C17H14N2O3S2. The predicted octanol–water partition coefficient (Wildman–Crippen LogP) is 3.59. The molecule has 3 rings (SSSR count). The van der Waals surface area contributed by atoms with E-state index in [2.05, 4.69) is 15.0 Å². The number of nitrogens with one attached hydrogen (secondary N) is 1. The van der Waals surface area contributed by atoms with Crippen LogP contribution in [0.3, 0.4) is 0 Å². The summed E-state index contributed by atoms with van der Waals surface area (Å²) >= 11 is 3.05. The van der Waals surface area contributed by atoms with Crippen LogP contribution in [0.2, 0.25) is 0 Å². The fraction of sp³-hybridized carbons (Fsp3) is 0.118. The van der Waals surface area contributed by atoms with Crippen LogP contribution in [0.15, 0.2) is 47.2 Å². The Morgan fingerprint density at radius 3 is 2.62 bits per heavy atom. The standard InChI is InChI=1S/C17H14N2O3S2/c1-22-17(21)12-6-4-11(5-7-12)9-18-15(20)13-10-24-16(19-13)14-3-2-8-23-14/h2-8,10H,9H2,1H3,(H,18,20). The number of carbonyl (C=O) groups is 2. The van der Waals surface area contributed by atoms with E-state index in [1.54, 1.807) is 41.0 Å². The lowest BCUT2D eigenvalue weighted by Gasteiger charge is -2.04. The molecule has 1 N–H and O–H groups in total. The van der Waals surface area contributed by atoms with E-state index in [0.29, 0.717) is 17.8 Å². The maximum atomic E-state index is 12.2. The first-order valence-electron chi connectivity index (χ1n) is 7.12. The second-order valence-electron chi connectivity index (χ2n) is 4.89. The second-order valence-corrected chi connectivity index (χ2v) is 6.69. The van der Waals surface area contributed by atoms with E-state index < -0.39 is 0 Å². The summed E-state index contributed by atoms with van der Waals surface area (Å²) in [4.78, 5) is 29.0. The van der Waals surface area contributed by atoms with E-state index in [-0.39, 0.29) is 11.9 Å². The molecule has 2 aromatic heterocycles. The Labute approximate surface area is 146 Å². The summed E-state index contributed by atoms with van der Waals surface area (Å²) in [6, 6.07) is 10.8. The molecule has 0 unspecified atom stereocenters. The highest BCUT2D eigenvalue weighted by molar-refractivity contribution is 7.20. The Balaban J connectivity index is 1.60. The van der Waals surface area contributed by atoms with Crippen molar-refractivity contribution in [3.05, 3.63) is 64.0 Å². The number of methoxy groups -OCH3 is 1. The third-order valence-corrected chi connectivity index (χ3v) is 5.18. The molecule has 24 heavy (non-hydrogen) atoms. The number of rotatable bonds is 5. The van der Waals surface area contributed by atoms with E-state index in [1.807, 2.05) is 17.5 Å². The van der Waals surface area contributed by atoms with Crippen LogP contribution < -0.4 is 5.32 Å². The van der Waals surface area contributed by atoms with Crippen molar-refractivity contribution >= 4 is 34.6 Å². The summed E-state index contributed by atoms with van der Waals surface area (Å²) in [6.07, 6.45) is 0. The first kappa shape index (κ1) is 16.4. The lowest BCUT2D eigenvalue weighted by atomic mass is 10.1. The van der Waals surface area contributed by atoms with Crippen molar-refractivity contribution < 1.29 is 14.3 Å². The van der Waals surface area contributed by atoms with Crippen LogP contribution in [-0.2, 0) is 11.3 Å².